The van der Waals surface area contributed by atoms with Crippen LogP contribution in [-0.4, -0.2) is 41.1 Å². The Hall–Kier alpha value is -2.60. The van der Waals surface area contributed by atoms with Gasteiger partial charge in [-0.1, -0.05) is 31.0 Å². The SMILES string of the molecule is COC(=O)c1ccccc1-c1ccc(CN2C(C(=O)O)CC3CCCCC32)o1. The van der Waals surface area contributed by atoms with Crippen molar-refractivity contribution >= 4 is 11.9 Å². The molecule has 2 aromatic rings. The van der Waals surface area contributed by atoms with Gasteiger partial charge in [0.05, 0.1) is 19.2 Å². The highest BCUT2D eigenvalue weighted by molar-refractivity contribution is 5.96. The highest BCUT2D eigenvalue weighted by atomic mass is 16.5. The number of esters is 1. The third kappa shape index (κ3) is 3.44. The van der Waals surface area contributed by atoms with E-state index in [0.717, 1.165) is 25.7 Å². The van der Waals surface area contributed by atoms with Crippen LogP contribution in [0.2, 0.25) is 0 Å². The van der Waals surface area contributed by atoms with E-state index < -0.39 is 18.0 Å². The largest absolute Gasteiger partial charge is 0.480 e. The first-order valence-electron chi connectivity index (χ1n) is 9.83. The second-order valence-corrected chi connectivity index (χ2v) is 7.68. The highest BCUT2D eigenvalue weighted by Gasteiger charge is 2.45. The molecule has 2 aliphatic rings. The predicted octanol–water partition coefficient (Wildman–Crippen LogP) is 3.95. The molecule has 0 spiro atoms. The number of carbonyl (C=O) groups excluding carboxylic acids is 1. The summed E-state index contributed by atoms with van der Waals surface area (Å²) in [6.45, 7) is 0.471. The summed E-state index contributed by atoms with van der Waals surface area (Å²) in [4.78, 5) is 25.9. The van der Waals surface area contributed by atoms with Gasteiger partial charge in [0.25, 0.3) is 0 Å². The Kier molecular flexibility index (Phi) is 5.22. The maximum Gasteiger partial charge on any atom is 0.338 e. The van der Waals surface area contributed by atoms with Gasteiger partial charge in [-0.3, -0.25) is 9.69 Å². The van der Waals surface area contributed by atoms with Crippen LogP contribution in [0, 0.1) is 5.92 Å². The number of carbonyl (C=O) groups is 2. The molecule has 1 aliphatic heterocycles. The fourth-order valence-corrected chi connectivity index (χ4v) is 4.80. The lowest BCUT2D eigenvalue weighted by atomic mass is 9.85. The van der Waals surface area contributed by atoms with E-state index >= 15 is 0 Å². The van der Waals surface area contributed by atoms with E-state index in [1.54, 1.807) is 12.1 Å². The Morgan fingerprint density at radius 1 is 1.18 bits per heavy atom. The van der Waals surface area contributed by atoms with Gasteiger partial charge in [0.1, 0.15) is 17.6 Å². The van der Waals surface area contributed by atoms with Gasteiger partial charge in [0.2, 0.25) is 0 Å². The standard InChI is InChI=1S/C22H25NO5/c1-27-22(26)17-8-4-3-7-16(17)20-11-10-15(28-20)13-23-18-9-5-2-6-14(18)12-19(23)21(24)25/h3-4,7-8,10-11,14,18-19H,2,5-6,9,12-13H2,1H3,(H,24,25). The number of hydrogen-bond donors (Lipinski definition) is 1. The number of ether oxygens (including phenoxy) is 1. The van der Waals surface area contributed by atoms with Crippen LogP contribution in [0.5, 0.6) is 0 Å². The van der Waals surface area contributed by atoms with Crippen LogP contribution in [0.1, 0.15) is 48.2 Å². The van der Waals surface area contributed by atoms with Crippen LogP contribution in [0.25, 0.3) is 11.3 Å². The number of nitrogens with zero attached hydrogens (tertiary/aromatic N) is 1. The Bertz CT molecular complexity index is 873. The first-order chi connectivity index (χ1) is 13.6. The predicted molar refractivity (Wildman–Crippen MR) is 103 cm³/mol. The number of carboxylic acids is 1. The van der Waals surface area contributed by atoms with Gasteiger partial charge in [0, 0.05) is 11.6 Å². The monoisotopic (exact) mass is 383 g/mol. The number of rotatable bonds is 5. The summed E-state index contributed by atoms with van der Waals surface area (Å²) in [6, 6.07) is 10.7. The molecule has 2 fully saturated rings. The number of carboxylic acid groups (broad SMARTS) is 1. The van der Waals surface area contributed by atoms with Crippen molar-refractivity contribution < 1.29 is 23.8 Å². The van der Waals surface area contributed by atoms with Crippen LogP contribution in [0.4, 0.5) is 0 Å². The molecule has 1 aromatic carbocycles. The minimum absolute atomic E-state index is 0.311. The maximum absolute atomic E-state index is 12.0. The second kappa shape index (κ2) is 7.80. The fourth-order valence-electron chi connectivity index (χ4n) is 4.80. The summed E-state index contributed by atoms with van der Waals surface area (Å²) < 4.78 is 10.9. The first-order valence-corrected chi connectivity index (χ1v) is 9.83. The Morgan fingerprint density at radius 3 is 2.75 bits per heavy atom. The van der Waals surface area contributed by atoms with Crippen LogP contribution in [0.3, 0.4) is 0 Å². The van der Waals surface area contributed by atoms with E-state index in [4.69, 9.17) is 9.15 Å². The van der Waals surface area contributed by atoms with Gasteiger partial charge in [0.15, 0.2) is 0 Å². The quantitative estimate of drug-likeness (QED) is 0.788. The van der Waals surface area contributed by atoms with Gasteiger partial charge < -0.3 is 14.3 Å². The van der Waals surface area contributed by atoms with Crippen LogP contribution in [-0.2, 0) is 16.1 Å². The summed E-state index contributed by atoms with van der Waals surface area (Å²) in [5.41, 5.74) is 1.12. The smallest absolute Gasteiger partial charge is 0.338 e. The van der Waals surface area contributed by atoms with Crippen molar-refractivity contribution in [2.24, 2.45) is 5.92 Å². The van der Waals surface area contributed by atoms with E-state index in [9.17, 15) is 14.7 Å². The number of aliphatic carboxylic acids is 1. The summed E-state index contributed by atoms with van der Waals surface area (Å²) in [7, 11) is 1.35. The third-order valence-electron chi connectivity index (χ3n) is 6.10. The lowest BCUT2D eigenvalue weighted by Gasteiger charge is -2.32. The molecular formula is C22H25NO5. The maximum atomic E-state index is 12.0. The van der Waals surface area contributed by atoms with Crippen molar-refractivity contribution in [3.8, 4) is 11.3 Å². The number of furan rings is 1. The second-order valence-electron chi connectivity index (χ2n) is 7.68. The molecule has 3 unspecified atom stereocenters. The molecule has 3 atom stereocenters. The average molecular weight is 383 g/mol. The zero-order valence-electron chi connectivity index (χ0n) is 16.0. The number of benzene rings is 1. The minimum atomic E-state index is -0.753. The van der Waals surface area contributed by atoms with Crippen molar-refractivity contribution in [1.82, 2.24) is 4.90 Å². The molecule has 6 nitrogen and oxygen atoms in total. The van der Waals surface area contributed by atoms with Crippen LogP contribution in [0.15, 0.2) is 40.8 Å². The van der Waals surface area contributed by atoms with E-state index in [-0.39, 0.29) is 0 Å². The molecule has 2 heterocycles. The molecule has 1 N–H and O–H groups in total. The molecule has 0 amide bonds. The normalized spacial score (nSPS) is 24.7. The van der Waals surface area contributed by atoms with Crippen molar-refractivity contribution in [3.63, 3.8) is 0 Å². The third-order valence-corrected chi connectivity index (χ3v) is 6.10. The Morgan fingerprint density at radius 2 is 1.96 bits per heavy atom. The van der Waals surface area contributed by atoms with E-state index in [1.165, 1.54) is 13.5 Å². The topological polar surface area (TPSA) is 80.0 Å². The molecule has 4 rings (SSSR count). The Labute approximate surface area is 164 Å². The summed E-state index contributed by atoms with van der Waals surface area (Å²) in [5.74, 6) is 0.597. The zero-order valence-corrected chi connectivity index (χ0v) is 16.0. The molecule has 28 heavy (non-hydrogen) atoms. The van der Waals surface area contributed by atoms with Gasteiger partial charge in [-0.2, -0.15) is 0 Å². The lowest BCUT2D eigenvalue weighted by Crippen LogP contribution is -2.41. The van der Waals surface area contributed by atoms with Gasteiger partial charge in [-0.15, -0.1) is 0 Å². The van der Waals surface area contributed by atoms with Gasteiger partial charge in [-0.25, -0.2) is 4.79 Å². The van der Waals surface area contributed by atoms with Crippen LogP contribution < -0.4 is 0 Å². The van der Waals surface area contributed by atoms with Gasteiger partial charge in [-0.05, 0) is 43.4 Å². The number of methoxy groups -OCH3 is 1. The average Bonchev–Trinajstić information content (AvgIpc) is 3.33. The van der Waals surface area contributed by atoms with E-state index in [0.29, 0.717) is 41.2 Å². The molecule has 0 bridgehead atoms. The minimum Gasteiger partial charge on any atom is -0.480 e. The number of likely N-dealkylation sites (tertiary alicyclic amines) is 1. The lowest BCUT2D eigenvalue weighted by molar-refractivity contribution is -0.143. The van der Waals surface area contributed by atoms with E-state index in [1.807, 2.05) is 24.3 Å². The summed E-state index contributed by atoms with van der Waals surface area (Å²) >= 11 is 0. The molecule has 6 heteroatoms. The zero-order chi connectivity index (χ0) is 19.7. The highest BCUT2D eigenvalue weighted by Crippen LogP contribution is 2.41. The molecule has 1 saturated heterocycles. The van der Waals surface area contributed by atoms with Crippen LogP contribution >= 0.6 is 0 Å². The number of hydrogen-bond acceptors (Lipinski definition) is 5. The molecule has 148 valence electrons. The number of fused-ring (bicyclic) bond motifs is 1. The molecule has 1 aromatic heterocycles. The van der Waals surface area contributed by atoms with Crippen molar-refractivity contribution in [1.29, 1.82) is 0 Å². The first kappa shape index (κ1) is 18.7. The molecule has 1 aliphatic carbocycles. The van der Waals surface area contributed by atoms with E-state index in [2.05, 4.69) is 4.90 Å². The molecule has 0 radical (unpaired) electrons. The Balaban J connectivity index is 1.58. The van der Waals surface area contributed by atoms with Crippen molar-refractivity contribution in [3.05, 3.63) is 47.7 Å². The van der Waals surface area contributed by atoms with Crippen molar-refractivity contribution in [2.75, 3.05) is 7.11 Å². The fraction of sp³-hybridized carbons (Fsp3) is 0.455. The summed E-state index contributed by atoms with van der Waals surface area (Å²) in [6.07, 6.45) is 5.23. The molecular weight excluding hydrogens is 358 g/mol. The van der Waals surface area contributed by atoms with Gasteiger partial charge >= 0.3 is 11.9 Å². The molecule has 1 saturated carbocycles. The summed E-state index contributed by atoms with van der Waals surface area (Å²) in [5, 5.41) is 9.69. The van der Waals surface area contributed by atoms with Crippen molar-refractivity contribution in [2.45, 2.75) is 50.7 Å².